The first-order valence-electron chi connectivity index (χ1n) is 14.9. The number of anilines is 1. The van der Waals surface area contributed by atoms with E-state index in [-0.39, 0.29) is 22.8 Å². The van der Waals surface area contributed by atoms with Crippen molar-refractivity contribution in [2.24, 2.45) is 11.7 Å². The predicted molar refractivity (Wildman–Crippen MR) is 171 cm³/mol. The van der Waals surface area contributed by atoms with Gasteiger partial charge >= 0.3 is 6.18 Å². The number of methoxy groups -OCH3 is 1. The average Bonchev–Trinajstić information content (AvgIpc) is 3.41. The highest BCUT2D eigenvalue weighted by atomic mass is 19.4. The number of benzene rings is 3. The summed E-state index contributed by atoms with van der Waals surface area (Å²) >= 11 is 0. The molecular formula is C34H39F4N5O4. The summed E-state index contributed by atoms with van der Waals surface area (Å²) in [5.41, 5.74) is 3.31. The molecule has 9 nitrogen and oxygen atoms in total. The Morgan fingerprint density at radius 3 is 2.40 bits per heavy atom. The second-order valence-electron chi connectivity index (χ2n) is 12.7. The SMILES string of the molecule is COc1ccc(F)cc1C(C)(C)CC(O)(CNc1cc(C)cc2c1cnn2-c1cccc(C(=O)N[C@H](C(N)=O)C(C)C)c1)C(F)(F)F. The number of nitrogens with one attached hydrogen (secondary N) is 2. The highest BCUT2D eigenvalue weighted by molar-refractivity contribution is 5.98. The Labute approximate surface area is 270 Å². The van der Waals surface area contributed by atoms with Crippen LogP contribution in [0.5, 0.6) is 5.75 Å². The van der Waals surface area contributed by atoms with Gasteiger partial charge in [-0.05, 0) is 78.8 Å². The number of aliphatic hydroxyl groups is 1. The van der Waals surface area contributed by atoms with Crippen molar-refractivity contribution in [3.8, 4) is 11.4 Å². The van der Waals surface area contributed by atoms with E-state index in [1.165, 1.54) is 37.9 Å². The standard InChI is InChI=1S/C34H39F4N5O4/c1-19(2)29(30(39)44)42-31(45)21-8-7-9-23(14-21)43-27-13-20(3)12-26(24(27)16-41-43)40-18-33(46,34(36,37)38)17-32(4,5)25-15-22(35)10-11-28(25)47-6/h7-16,19,29,40,46H,17-18H2,1-6H3,(H2,39,44)(H,42,45)/t29-,33?/m0/s1. The number of carbonyl (C=O) groups excluding carboxylic acids is 2. The van der Waals surface area contributed by atoms with Gasteiger partial charge < -0.3 is 26.2 Å². The quantitative estimate of drug-likeness (QED) is 0.143. The summed E-state index contributed by atoms with van der Waals surface area (Å²) in [6.45, 7) is 7.34. The number of carbonyl (C=O) groups is 2. The van der Waals surface area contributed by atoms with Crippen molar-refractivity contribution in [3.05, 3.63) is 83.3 Å². The molecule has 2 amide bonds. The van der Waals surface area contributed by atoms with Crippen molar-refractivity contribution in [1.82, 2.24) is 15.1 Å². The third-order valence-corrected chi connectivity index (χ3v) is 8.17. The van der Waals surface area contributed by atoms with Gasteiger partial charge in [0, 0.05) is 22.2 Å². The molecule has 252 valence electrons. The molecule has 0 aliphatic rings. The van der Waals surface area contributed by atoms with Gasteiger partial charge in [0.2, 0.25) is 5.91 Å². The van der Waals surface area contributed by atoms with Crippen molar-refractivity contribution >= 4 is 28.4 Å². The number of nitrogens with zero attached hydrogens (tertiary/aromatic N) is 2. The lowest BCUT2D eigenvalue weighted by atomic mass is 9.74. The zero-order valence-electron chi connectivity index (χ0n) is 27.0. The molecule has 0 radical (unpaired) electrons. The van der Waals surface area contributed by atoms with Crippen molar-refractivity contribution < 1.29 is 37.0 Å². The van der Waals surface area contributed by atoms with Gasteiger partial charge in [0.15, 0.2) is 5.60 Å². The molecule has 4 aromatic rings. The molecule has 0 spiro atoms. The van der Waals surface area contributed by atoms with Crippen LogP contribution in [0.4, 0.5) is 23.2 Å². The summed E-state index contributed by atoms with van der Waals surface area (Å²) in [5.74, 6) is -1.83. The van der Waals surface area contributed by atoms with E-state index in [4.69, 9.17) is 10.5 Å². The zero-order valence-corrected chi connectivity index (χ0v) is 27.0. The molecule has 0 aliphatic heterocycles. The minimum Gasteiger partial charge on any atom is -0.496 e. The van der Waals surface area contributed by atoms with Gasteiger partial charge in [-0.2, -0.15) is 18.3 Å². The van der Waals surface area contributed by atoms with Crippen LogP contribution in [0.2, 0.25) is 0 Å². The van der Waals surface area contributed by atoms with E-state index in [1.807, 2.05) is 0 Å². The number of halogens is 4. The van der Waals surface area contributed by atoms with E-state index in [0.29, 0.717) is 27.8 Å². The molecule has 13 heteroatoms. The van der Waals surface area contributed by atoms with Gasteiger partial charge in [0.1, 0.15) is 17.6 Å². The van der Waals surface area contributed by atoms with Crippen molar-refractivity contribution in [2.45, 2.75) is 64.3 Å². The molecule has 0 bridgehead atoms. The second-order valence-corrected chi connectivity index (χ2v) is 12.7. The molecule has 0 saturated heterocycles. The lowest BCUT2D eigenvalue weighted by Crippen LogP contribution is -2.53. The van der Waals surface area contributed by atoms with Crippen molar-refractivity contribution in [2.75, 3.05) is 19.0 Å². The Morgan fingerprint density at radius 2 is 1.79 bits per heavy atom. The molecule has 1 heterocycles. The fraction of sp³-hybridized carbons (Fsp3) is 0.382. The van der Waals surface area contributed by atoms with Gasteiger partial charge in [-0.3, -0.25) is 9.59 Å². The third kappa shape index (κ3) is 7.51. The summed E-state index contributed by atoms with van der Waals surface area (Å²) in [6, 6.07) is 12.6. The van der Waals surface area contributed by atoms with Gasteiger partial charge in [-0.15, -0.1) is 0 Å². The average molecular weight is 658 g/mol. The molecule has 0 saturated carbocycles. The van der Waals surface area contributed by atoms with Crippen LogP contribution in [-0.2, 0) is 10.2 Å². The first kappa shape index (κ1) is 35.2. The number of rotatable bonds is 12. The Balaban J connectivity index is 1.65. The van der Waals surface area contributed by atoms with E-state index in [1.54, 1.807) is 57.2 Å². The second kappa shape index (κ2) is 13.2. The minimum absolute atomic E-state index is 0.187. The number of hydrogen-bond acceptors (Lipinski definition) is 6. The maximum absolute atomic E-state index is 14.5. The Morgan fingerprint density at radius 1 is 1.09 bits per heavy atom. The summed E-state index contributed by atoms with van der Waals surface area (Å²) in [5, 5.41) is 21.5. The van der Waals surface area contributed by atoms with Crippen LogP contribution in [-0.4, -0.2) is 58.2 Å². The Kier molecular flexibility index (Phi) is 9.91. The summed E-state index contributed by atoms with van der Waals surface area (Å²) in [4.78, 5) is 24.8. The van der Waals surface area contributed by atoms with Crippen molar-refractivity contribution in [1.29, 1.82) is 0 Å². The fourth-order valence-electron chi connectivity index (χ4n) is 5.73. The largest absolute Gasteiger partial charge is 0.496 e. The highest BCUT2D eigenvalue weighted by Gasteiger charge is 2.56. The smallest absolute Gasteiger partial charge is 0.418 e. The Hall–Kier alpha value is -4.65. The van der Waals surface area contributed by atoms with Crippen LogP contribution in [0.3, 0.4) is 0 Å². The number of ether oxygens (including phenoxy) is 1. The molecule has 0 aliphatic carbocycles. The molecule has 5 N–H and O–H groups in total. The maximum Gasteiger partial charge on any atom is 0.418 e. The minimum atomic E-state index is -5.05. The predicted octanol–water partition coefficient (Wildman–Crippen LogP) is 5.79. The maximum atomic E-state index is 14.5. The fourth-order valence-corrected chi connectivity index (χ4v) is 5.73. The number of alkyl halides is 3. The molecule has 0 fully saturated rings. The number of fused-ring (bicyclic) bond motifs is 1. The number of amides is 2. The third-order valence-electron chi connectivity index (χ3n) is 8.17. The normalized spacial score (nSPS) is 14.1. The van der Waals surface area contributed by atoms with Gasteiger partial charge in [-0.1, -0.05) is 33.8 Å². The van der Waals surface area contributed by atoms with Crippen LogP contribution in [0.15, 0.2) is 60.8 Å². The zero-order chi connectivity index (χ0) is 34.9. The highest BCUT2D eigenvalue weighted by Crippen LogP contribution is 2.44. The van der Waals surface area contributed by atoms with Crippen molar-refractivity contribution in [3.63, 3.8) is 0 Å². The first-order chi connectivity index (χ1) is 21.9. The van der Waals surface area contributed by atoms with E-state index in [9.17, 15) is 32.3 Å². The Bertz CT molecular complexity index is 1790. The monoisotopic (exact) mass is 657 g/mol. The van der Waals surface area contributed by atoms with Gasteiger partial charge in [-0.25, -0.2) is 9.07 Å². The molecule has 1 aromatic heterocycles. The van der Waals surface area contributed by atoms with Gasteiger partial charge in [0.05, 0.1) is 31.1 Å². The lowest BCUT2D eigenvalue weighted by molar-refractivity contribution is -0.260. The summed E-state index contributed by atoms with van der Waals surface area (Å²) in [7, 11) is 1.34. The number of hydrogen-bond donors (Lipinski definition) is 4. The van der Waals surface area contributed by atoms with Crippen LogP contribution >= 0.6 is 0 Å². The molecule has 2 atom stereocenters. The first-order valence-corrected chi connectivity index (χ1v) is 14.9. The van der Waals surface area contributed by atoms with E-state index in [0.717, 1.165) is 12.1 Å². The van der Waals surface area contributed by atoms with Crippen LogP contribution in [0, 0.1) is 18.7 Å². The molecule has 47 heavy (non-hydrogen) atoms. The van der Waals surface area contributed by atoms with Gasteiger partial charge in [0.25, 0.3) is 5.91 Å². The van der Waals surface area contributed by atoms with Crippen LogP contribution in [0.25, 0.3) is 16.6 Å². The lowest BCUT2D eigenvalue weighted by Gasteiger charge is -2.38. The molecule has 4 rings (SSSR count). The number of aromatic nitrogens is 2. The molecule has 3 aromatic carbocycles. The molecular weight excluding hydrogens is 618 g/mol. The van der Waals surface area contributed by atoms with E-state index >= 15 is 0 Å². The number of primary amides is 1. The summed E-state index contributed by atoms with van der Waals surface area (Å²) in [6.07, 6.45) is -4.37. The topological polar surface area (TPSA) is 132 Å². The van der Waals surface area contributed by atoms with Crippen LogP contribution < -0.4 is 21.1 Å². The summed E-state index contributed by atoms with van der Waals surface area (Å²) < 4.78 is 64.5. The van der Waals surface area contributed by atoms with Crippen LogP contribution in [0.1, 0.15) is 55.6 Å². The van der Waals surface area contributed by atoms with E-state index < -0.39 is 53.8 Å². The number of nitrogens with two attached hydrogens (primary N) is 1. The van der Waals surface area contributed by atoms with E-state index in [2.05, 4.69) is 15.7 Å². The number of aryl methyl sites for hydroxylation is 1. The molecule has 1 unspecified atom stereocenters.